The summed E-state index contributed by atoms with van der Waals surface area (Å²) in [5, 5.41) is 7.09. The lowest BCUT2D eigenvalue weighted by Gasteiger charge is -2.26. The molecule has 0 unspecified atom stereocenters. The highest BCUT2D eigenvalue weighted by Gasteiger charge is 2.12. The normalized spacial score (nSPS) is 16.0. The van der Waals surface area contributed by atoms with Crippen LogP contribution in [0.1, 0.15) is 9.67 Å². The maximum Gasteiger partial charge on any atom is 0.261 e. The van der Waals surface area contributed by atoms with Gasteiger partial charge in [-0.15, -0.1) is 22.7 Å². The van der Waals surface area contributed by atoms with E-state index in [1.807, 2.05) is 17.5 Å². The number of rotatable bonds is 5. The SMILES string of the molecule is O=C(NCCN1CCOCC1)c1cc(-c2cccs2)cs1. The molecule has 112 valence electrons. The summed E-state index contributed by atoms with van der Waals surface area (Å²) < 4.78 is 5.31. The molecule has 4 nitrogen and oxygen atoms in total. The van der Waals surface area contributed by atoms with Gasteiger partial charge in [0.1, 0.15) is 0 Å². The van der Waals surface area contributed by atoms with E-state index in [0.717, 1.165) is 43.3 Å². The zero-order valence-corrected chi connectivity index (χ0v) is 13.3. The molecular formula is C15H18N2O2S2. The molecule has 1 fully saturated rings. The monoisotopic (exact) mass is 322 g/mol. The number of amides is 1. The zero-order chi connectivity index (χ0) is 14.5. The summed E-state index contributed by atoms with van der Waals surface area (Å²) in [6.45, 7) is 5.07. The Morgan fingerprint density at radius 1 is 1.33 bits per heavy atom. The summed E-state index contributed by atoms with van der Waals surface area (Å²) in [5.74, 6) is 0.0241. The van der Waals surface area contributed by atoms with Gasteiger partial charge in [-0.1, -0.05) is 6.07 Å². The molecule has 0 aromatic carbocycles. The van der Waals surface area contributed by atoms with Crippen molar-refractivity contribution in [2.75, 3.05) is 39.4 Å². The topological polar surface area (TPSA) is 41.6 Å². The van der Waals surface area contributed by atoms with Crippen LogP contribution in [0.25, 0.3) is 10.4 Å². The van der Waals surface area contributed by atoms with Crippen LogP contribution in [0.15, 0.2) is 29.0 Å². The van der Waals surface area contributed by atoms with Gasteiger partial charge in [0.2, 0.25) is 0 Å². The van der Waals surface area contributed by atoms with Gasteiger partial charge in [-0.3, -0.25) is 9.69 Å². The molecule has 6 heteroatoms. The van der Waals surface area contributed by atoms with E-state index in [2.05, 4.69) is 21.7 Å². The number of hydrogen-bond acceptors (Lipinski definition) is 5. The highest BCUT2D eigenvalue weighted by atomic mass is 32.1. The van der Waals surface area contributed by atoms with Crippen LogP contribution in [0.3, 0.4) is 0 Å². The number of carbonyl (C=O) groups is 1. The van der Waals surface area contributed by atoms with Gasteiger partial charge in [-0.25, -0.2) is 0 Å². The van der Waals surface area contributed by atoms with E-state index in [0.29, 0.717) is 6.54 Å². The van der Waals surface area contributed by atoms with Crippen LogP contribution < -0.4 is 5.32 Å². The zero-order valence-electron chi connectivity index (χ0n) is 11.7. The molecule has 1 N–H and O–H groups in total. The van der Waals surface area contributed by atoms with Crippen molar-refractivity contribution in [2.45, 2.75) is 0 Å². The van der Waals surface area contributed by atoms with Gasteiger partial charge in [0, 0.05) is 42.0 Å². The van der Waals surface area contributed by atoms with Crippen molar-refractivity contribution in [1.29, 1.82) is 0 Å². The maximum absolute atomic E-state index is 12.1. The summed E-state index contributed by atoms with van der Waals surface area (Å²) in [6.07, 6.45) is 0. The summed E-state index contributed by atoms with van der Waals surface area (Å²) in [5.41, 5.74) is 1.13. The second-order valence-corrected chi connectivity index (χ2v) is 6.75. The van der Waals surface area contributed by atoms with Crippen molar-refractivity contribution in [3.8, 4) is 10.4 Å². The average molecular weight is 322 g/mol. The Hall–Kier alpha value is -1.21. The third-order valence-electron chi connectivity index (χ3n) is 3.45. The van der Waals surface area contributed by atoms with Crippen molar-refractivity contribution in [1.82, 2.24) is 10.2 Å². The highest BCUT2D eigenvalue weighted by molar-refractivity contribution is 7.15. The fourth-order valence-corrected chi connectivity index (χ4v) is 3.88. The van der Waals surface area contributed by atoms with Crippen molar-refractivity contribution in [3.05, 3.63) is 33.8 Å². The Morgan fingerprint density at radius 3 is 2.95 bits per heavy atom. The Morgan fingerprint density at radius 2 is 2.19 bits per heavy atom. The number of hydrogen-bond donors (Lipinski definition) is 1. The first-order valence-corrected chi connectivity index (χ1v) is 8.79. The third-order valence-corrected chi connectivity index (χ3v) is 5.29. The van der Waals surface area contributed by atoms with Gasteiger partial charge >= 0.3 is 0 Å². The van der Waals surface area contributed by atoms with Crippen molar-refractivity contribution >= 4 is 28.6 Å². The summed E-state index contributed by atoms with van der Waals surface area (Å²) in [4.78, 5) is 16.4. The fraction of sp³-hybridized carbons (Fsp3) is 0.400. The number of morpholine rings is 1. The van der Waals surface area contributed by atoms with Gasteiger partial charge in [0.05, 0.1) is 18.1 Å². The number of carbonyl (C=O) groups excluding carboxylic acids is 1. The predicted octanol–water partition coefficient (Wildman–Crippen LogP) is 2.54. The minimum absolute atomic E-state index is 0.0241. The molecule has 0 aliphatic carbocycles. The summed E-state index contributed by atoms with van der Waals surface area (Å²) >= 11 is 3.20. The molecule has 2 aromatic heterocycles. The minimum Gasteiger partial charge on any atom is -0.379 e. The van der Waals surface area contributed by atoms with Crippen LogP contribution in [-0.4, -0.2) is 50.2 Å². The van der Waals surface area contributed by atoms with Crippen LogP contribution in [0.4, 0.5) is 0 Å². The molecule has 0 bridgehead atoms. The van der Waals surface area contributed by atoms with Crippen LogP contribution in [0.5, 0.6) is 0 Å². The van der Waals surface area contributed by atoms with Crippen LogP contribution >= 0.6 is 22.7 Å². The van der Waals surface area contributed by atoms with E-state index in [4.69, 9.17) is 4.74 Å². The molecule has 21 heavy (non-hydrogen) atoms. The Bertz CT molecular complexity index is 574. The standard InChI is InChI=1S/C15H18N2O2S2/c18-15(16-3-4-17-5-7-19-8-6-17)14-10-12(11-21-14)13-2-1-9-20-13/h1-2,9-11H,3-8H2,(H,16,18). The molecule has 1 aliphatic rings. The van der Waals surface area contributed by atoms with E-state index >= 15 is 0 Å². The quantitative estimate of drug-likeness (QED) is 0.920. The lowest BCUT2D eigenvalue weighted by Crippen LogP contribution is -2.41. The molecule has 0 atom stereocenters. The van der Waals surface area contributed by atoms with Crippen molar-refractivity contribution in [3.63, 3.8) is 0 Å². The second-order valence-electron chi connectivity index (χ2n) is 4.89. The molecule has 0 saturated carbocycles. The molecule has 0 spiro atoms. The van der Waals surface area contributed by atoms with Crippen LogP contribution in [0, 0.1) is 0 Å². The Kier molecular flexibility index (Phi) is 5.03. The van der Waals surface area contributed by atoms with Gasteiger partial charge in [-0.05, 0) is 17.5 Å². The average Bonchev–Trinajstić information content (AvgIpc) is 3.19. The Balaban J connectivity index is 1.49. The van der Waals surface area contributed by atoms with Crippen LogP contribution in [0.2, 0.25) is 0 Å². The van der Waals surface area contributed by atoms with E-state index in [9.17, 15) is 4.79 Å². The summed E-state index contributed by atoms with van der Waals surface area (Å²) in [7, 11) is 0. The number of nitrogens with one attached hydrogen (secondary N) is 1. The maximum atomic E-state index is 12.1. The third kappa shape index (κ3) is 3.91. The van der Waals surface area contributed by atoms with E-state index in [1.165, 1.54) is 16.2 Å². The smallest absolute Gasteiger partial charge is 0.261 e. The first-order chi connectivity index (χ1) is 10.3. The van der Waals surface area contributed by atoms with Crippen molar-refractivity contribution < 1.29 is 9.53 Å². The molecule has 1 amide bonds. The lowest BCUT2D eigenvalue weighted by atomic mass is 10.2. The molecule has 0 radical (unpaired) electrons. The van der Waals surface area contributed by atoms with Gasteiger partial charge in [0.25, 0.3) is 5.91 Å². The molecule has 2 aromatic rings. The number of thiophene rings is 2. The van der Waals surface area contributed by atoms with Crippen molar-refractivity contribution in [2.24, 2.45) is 0 Å². The Labute approximate surface area is 132 Å². The van der Waals surface area contributed by atoms with E-state index in [-0.39, 0.29) is 5.91 Å². The van der Waals surface area contributed by atoms with Gasteiger partial charge in [0.15, 0.2) is 0 Å². The molecule has 1 aliphatic heterocycles. The van der Waals surface area contributed by atoms with Gasteiger partial charge in [-0.2, -0.15) is 0 Å². The van der Waals surface area contributed by atoms with E-state index in [1.54, 1.807) is 11.3 Å². The molecule has 3 rings (SSSR count). The van der Waals surface area contributed by atoms with Crippen LogP contribution in [-0.2, 0) is 4.74 Å². The predicted molar refractivity (Wildman–Crippen MR) is 87.2 cm³/mol. The van der Waals surface area contributed by atoms with Gasteiger partial charge < -0.3 is 10.1 Å². The summed E-state index contributed by atoms with van der Waals surface area (Å²) in [6, 6.07) is 6.08. The molecule has 1 saturated heterocycles. The first-order valence-electron chi connectivity index (χ1n) is 7.03. The number of ether oxygens (including phenoxy) is 1. The first kappa shape index (κ1) is 14.7. The fourth-order valence-electron chi connectivity index (χ4n) is 2.27. The molecule has 3 heterocycles. The lowest BCUT2D eigenvalue weighted by molar-refractivity contribution is 0.0383. The van der Waals surface area contributed by atoms with E-state index < -0.39 is 0 Å². The largest absolute Gasteiger partial charge is 0.379 e. The molecular weight excluding hydrogens is 304 g/mol. The number of nitrogens with zero attached hydrogens (tertiary/aromatic N) is 1. The second kappa shape index (κ2) is 7.17. The minimum atomic E-state index is 0.0241. The highest BCUT2D eigenvalue weighted by Crippen LogP contribution is 2.29.